The number of para-hydroxylation sites is 1. The molecule has 1 N–H and O–H groups in total. The van der Waals surface area contributed by atoms with E-state index in [0.717, 1.165) is 15.4 Å². The van der Waals surface area contributed by atoms with Crippen LogP contribution in [0.2, 0.25) is 10.0 Å². The van der Waals surface area contributed by atoms with Crippen molar-refractivity contribution in [2.24, 2.45) is 0 Å². The van der Waals surface area contributed by atoms with Crippen molar-refractivity contribution in [3.8, 4) is 0 Å². The van der Waals surface area contributed by atoms with E-state index in [0.29, 0.717) is 34.1 Å². The Morgan fingerprint density at radius 3 is 2.00 bits per heavy atom. The summed E-state index contributed by atoms with van der Waals surface area (Å²) < 4.78 is 29.6. The molecule has 46 heavy (non-hydrogen) atoms. The monoisotopic (exact) mass is 679 g/mol. The molecule has 0 heterocycles. The Hall–Kier alpha value is -3.85. The molecule has 0 radical (unpaired) electrons. The zero-order valence-electron chi connectivity index (χ0n) is 26.2. The number of carbonyl (C=O) groups is 2. The lowest BCUT2D eigenvalue weighted by Gasteiger charge is -2.35. The summed E-state index contributed by atoms with van der Waals surface area (Å²) in [5.41, 5.74) is 2.44. The second-order valence-electron chi connectivity index (χ2n) is 11.1. The van der Waals surface area contributed by atoms with Crippen molar-refractivity contribution >= 4 is 50.7 Å². The van der Waals surface area contributed by atoms with Gasteiger partial charge in [-0.1, -0.05) is 110 Å². The highest BCUT2D eigenvalue weighted by molar-refractivity contribution is 7.92. The fourth-order valence-electron chi connectivity index (χ4n) is 5.13. The van der Waals surface area contributed by atoms with Crippen molar-refractivity contribution < 1.29 is 18.0 Å². The fraction of sp³-hybridized carbons (Fsp3) is 0.278. The van der Waals surface area contributed by atoms with Gasteiger partial charge >= 0.3 is 0 Å². The van der Waals surface area contributed by atoms with Crippen molar-refractivity contribution in [2.45, 2.75) is 63.6 Å². The van der Waals surface area contributed by atoms with E-state index >= 15 is 0 Å². The number of rotatable bonds is 14. The lowest BCUT2D eigenvalue weighted by Crippen LogP contribution is -2.54. The van der Waals surface area contributed by atoms with Crippen LogP contribution in [-0.4, -0.2) is 43.8 Å². The van der Waals surface area contributed by atoms with E-state index in [9.17, 15) is 18.0 Å². The minimum Gasteiger partial charge on any atom is -0.352 e. The molecule has 242 valence electrons. The van der Waals surface area contributed by atoms with Gasteiger partial charge in [0.15, 0.2) is 0 Å². The first-order valence-electron chi connectivity index (χ1n) is 15.3. The third kappa shape index (κ3) is 8.49. The summed E-state index contributed by atoms with van der Waals surface area (Å²) in [5, 5.41) is 3.69. The van der Waals surface area contributed by atoms with Crippen molar-refractivity contribution in [3.05, 3.63) is 130 Å². The Kier molecular flexibility index (Phi) is 12.3. The smallest absolute Gasteiger partial charge is 0.264 e. The number of amides is 2. The Morgan fingerprint density at radius 2 is 1.39 bits per heavy atom. The number of hydrogen-bond donors (Lipinski definition) is 1. The summed E-state index contributed by atoms with van der Waals surface area (Å²) >= 11 is 13.2. The number of sulfonamides is 1. The van der Waals surface area contributed by atoms with Crippen LogP contribution < -0.4 is 9.62 Å². The second kappa shape index (κ2) is 16.1. The summed E-state index contributed by atoms with van der Waals surface area (Å²) in [6, 6.07) is 28.4. The van der Waals surface area contributed by atoms with Crippen molar-refractivity contribution in [2.75, 3.05) is 10.8 Å². The van der Waals surface area contributed by atoms with Crippen molar-refractivity contribution in [1.29, 1.82) is 0 Å². The average Bonchev–Trinajstić information content (AvgIpc) is 3.06. The molecule has 4 rings (SSSR count). The van der Waals surface area contributed by atoms with Gasteiger partial charge in [0, 0.05) is 34.6 Å². The maximum absolute atomic E-state index is 14.7. The maximum atomic E-state index is 14.7. The first-order chi connectivity index (χ1) is 22.1. The van der Waals surface area contributed by atoms with Gasteiger partial charge in [0.05, 0.1) is 10.6 Å². The van der Waals surface area contributed by atoms with Gasteiger partial charge < -0.3 is 10.2 Å². The van der Waals surface area contributed by atoms with Gasteiger partial charge in [-0.25, -0.2) is 8.42 Å². The number of hydrogen-bond acceptors (Lipinski definition) is 4. The number of nitrogens with one attached hydrogen (secondary N) is 1. The molecule has 0 aromatic heterocycles. The van der Waals surface area contributed by atoms with Crippen LogP contribution >= 0.6 is 23.2 Å². The summed E-state index contributed by atoms with van der Waals surface area (Å²) in [6.45, 7) is 5.11. The van der Waals surface area contributed by atoms with Gasteiger partial charge in [-0.05, 0) is 61.2 Å². The van der Waals surface area contributed by atoms with E-state index in [1.807, 2.05) is 63.2 Å². The van der Waals surface area contributed by atoms with Crippen LogP contribution in [-0.2, 0) is 39.0 Å². The second-order valence-corrected chi connectivity index (χ2v) is 13.7. The molecule has 0 bridgehead atoms. The number of aryl methyl sites for hydroxylation is 1. The summed E-state index contributed by atoms with van der Waals surface area (Å²) in [4.78, 5) is 30.1. The van der Waals surface area contributed by atoms with Gasteiger partial charge in [0.2, 0.25) is 11.8 Å². The molecular weight excluding hydrogens is 641 g/mol. The molecule has 4 aromatic rings. The lowest BCUT2D eigenvalue weighted by atomic mass is 10.0. The Labute approximate surface area is 282 Å². The number of halogens is 2. The van der Waals surface area contributed by atoms with Crippen LogP contribution in [0.5, 0.6) is 0 Å². The van der Waals surface area contributed by atoms with E-state index in [1.54, 1.807) is 48.5 Å². The Balaban J connectivity index is 1.86. The molecule has 2 amide bonds. The molecule has 0 saturated heterocycles. The van der Waals surface area contributed by atoms with Gasteiger partial charge in [-0.15, -0.1) is 0 Å². The highest BCUT2D eigenvalue weighted by atomic mass is 35.5. The molecule has 0 aliphatic heterocycles. The van der Waals surface area contributed by atoms with Crippen molar-refractivity contribution in [1.82, 2.24) is 10.2 Å². The lowest BCUT2D eigenvalue weighted by molar-refractivity contribution is -0.140. The summed E-state index contributed by atoms with van der Waals surface area (Å²) in [5.74, 6) is -0.942. The third-order valence-electron chi connectivity index (χ3n) is 7.91. The molecule has 4 aromatic carbocycles. The number of benzene rings is 4. The highest BCUT2D eigenvalue weighted by Crippen LogP contribution is 2.30. The zero-order chi connectivity index (χ0) is 33.3. The molecule has 7 nitrogen and oxygen atoms in total. The van der Waals surface area contributed by atoms with Crippen molar-refractivity contribution in [3.63, 3.8) is 0 Å². The third-order valence-corrected chi connectivity index (χ3v) is 10.4. The predicted molar refractivity (Wildman–Crippen MR) is 186 cm³/mol. The molecule has 0 aliphatic carbocycles. The quantitative estimate of drug-likeness (QED) is 0.151. The molecule has 2 atom stereocenters. The molecule has 0 fully saturated rings. The molecule has 10 heteroatoms. The fourth-order valence-corrected chi connectivity index (χ4v) is 7.12. The van der Waals surface area contributed by atoms with E-state index < -0.39 is 28.5 Å². The minimum atomic E-state index is -4.20. The summed E-state index contributed by atoms with van der Waals surface area (Å²) in [6.07, 6.45) is 1.41. The van der Waals surface area contributed by atoms with E-state index in [-0.39, 0.29) is 29.8 Å². The normalized spacial score (nSPS) is 12.6. The van der Waals surface area contributed by atoms with E-state index in [1.165, 1.54) is 17.0 Å². The first-order valence-corrected chi connectivity index (χ1v) is 17.5. The minimum absolute atomic E-state index is 0.0461. The van der Waals surface area contributed by atoms with Gasteiger partial charge in [0.1, 0.15) is 12.6 Å². The highest BCUT2D eigenvalue weighted by Gasteiger charge is 2.36. The first kappa shape index (κ1) is 35.0. The SMILES string of the molecule is CCc1ccccc1N(CC(=O)N(Cc1c(Cl)cccc1Cl)[C@@H](Cc1ccccc1)C(=O)N[C@@H](C)CC)S(=O)(=O)c1ccccc1. The van der Waals surface area contributed by atoms with Gasteiger partial charge in [-0.2, -0.15) is 0 Å². The van der Waals surface area contributed by atoms with Gasteiger partial charge in [0.25, 0.3) is 10.0 Å². The molecule has 0 aliphatic rings. The Bertz CT molecular complexity index is 1720. The molecule has 0 unspecified atom stereocenters. The molecular formula is C36H39Cl2N3O4S. The van der Waals surface area contributed by atoms with Crippen LogP contribution in [0.3, 0.4) is 0 Å². The van der Waals surface area contributed by atoms with E-state index in [4.69, 9.17) is 23.2 Å². The number of carbonyl (C=O) groups excluding carboxylic acids is 2. The molecule has 0 spiro atoms. The van der Waals surface area contributed by atoms with Gasteiger partial charge in [-0.3, -0.25) is 13.9 Å². The summed E-state index contributed by atoms with van der Waals surface area (Å²) in [7, 11) is -4.20. The largest absolute Gasteiger partial charge is 0.352 e. The van der Waals surface area contributed by atoms with Crippen LogP contribution in [0.1, 0.15) is 43.9 Å². The maximum Gasteiger partial charge on any atom is 0.264 e. The standard InChI is InChI=1S/C36H39Cl2N3O4S/c1-4-26(3)39-36(43)34(23-27-15-8-6-9-16-27)40(24-30-31(37)20-14-21-32(30)38)35(42)25-41(33-22-13-12-17-28(33)5-2)46(44,45)29-18-10-7-11-19-29/h6-22,26,34H,4-5,23-25H2,1-3H3,(H,39,43)/t26-,34-/m0/s1. The number of nitrogens with zero attached hydrogens (tertiary/aromatic N) is 2. The van der Waals surface area contributed by atoms with E-state index in [2.05, 4.69) is 5.32 Å². The van der Waals surface area contributed by atoms with Crippen LogP contribution in [0.4, 0.5) is 5.69 Å². The number of anilines is 1. The Morgan fingerprint density at radius 1 is 0.804 bits per heavy atom. The zero-order valence-corrected chi connectivity index (χ0v) is 28.5. The average molecular weight is 681 g/mol. The predicted octanol–water partition coefficient (Wildman–Crippen LogP) is 7.31. The topological polar surface area (TPSA) is 86.8 Å². The van der Waals surface area contributed by atoms with Crippen LogP contribution in [0, 0.1) is 0 Å². The van der Waals surface area contributed by atoms with Crippen LogP contribution in [0.25, 0.3) is 0 Å². The molecule has 0 saturated carbocycles. The van der Waals surface area contributed by atoms with Crippen LogP contribution in [0.15, 0.2) is 108 Å².